The van der Waals surface area contributed by atoms with Crippen molar-refractivity contribution < 1.29 is 19.2 Å². The molecule has 1 aromatic heterocycles. The Morgan fingerprint density at radius 2 is 2.23 bits per heavy atom. The summed E-state index contributed by atoms with van der Waals surface area (Å²) in [7, 11) is 3.02. The molecule has 9 heteroatoms. The summed E-state index contributed by atoms with van der Waals surface area (Å²) in [5.74, 6) is -0.301. The molecule has 22 heavy (non-hydrogen) atoms. The van der Waals surface area contributed by atoms with Crippen molar-refractivity contribution in [2.45, 2.75) is 29.5 Å². The van der Waals surface area contributed by atoms with E-state index >= 15 is 0 Å². The molecular formula is C13H16N2O5S2. The molecule has 2 heterocycles. The standard InChI is InChI=1S/C13H16N2O5S2/c1-10(16)20-9-13(4-6-19-7-5-13)22-21-12-3-2-11(8-14-12)15(17)18/h2-3,8H,4-7,9H2,1H3. The lowest BCUT2D eigenvalue weighted by Gasteiger charge is -2.35. The van der Waals surface area contributed by atoms with E-state index in [0.29, 0.717) is 24.8 Å². The Balaban J connectivity index is 1.98. The zero-order valence-corrected chi connectivity index (χ0v) is 13.7. The molecule has 0 aliphatic carbocycles. The van der Waals surface area contributed by atoms with Gasteiger partial charge in [-0.1, -0.05) is 10.8 Å². The second kappa shape index (κ2) is 7.80. The summed E-state index contributed by atoms with van der Waals surface area (Å²) in [6.07, 6.45) is 2.81. The van der Waals surface area contributed by atoms with Crippen LogP contribution in [0, 0.1) is 10.1 Å². The van der Waals surface area contributed by atoms with Crippen molar-refractivity contribution in [3.63, 3.8) is 0 Å². The third-order valence-electron chi connectivity index (χ3n) is 3.18. The van der Waals surface area contributed by atoms with Crippen LogP contribution in [0.25, 0.3) is 0 Å². The van der Waals surface area contributed by atoms with Crippen molar-refractivity contribution in [3.8, 4) is 0 Å². The van der Waals surface area contributed by atoms with E-state index in [0.717, 1.165) is 12.8 Å². The van der Waals surface area contributed by atoms with Crippen molar-refractivity contribution in [1.29, 1.82) is 0 Å². The average molecular weight is 344 g/mol. The van der Waals surface area contributed by atoms with Crippen LogP contribution >= 0.6 is 21.6 Å². The molecule has 1 fully saturated rings. The lowest BCUT2D eigenvalue weighted by Crippen LogP contribution is -2.37. The number of hydrogen-bond donors (Lipinski definition) is 0. The van der Waals surface area contributed by atoms with Crippen LogP contribution in [0.5, 0.6) is 0 Å². The number of aromatic nitrogens is 1. The van der Waals surface area contributed by atoms with Crippen molar-refractivity contribution in [1.82, 2.24) is 4.98 Å². The van der Waals surface area contributed by atoms with E-state index in [1.807, 2.05) is 0 Å². The third kappa shape index (κ3) is 4.85. The van der Waals surface area contributed by atoms with Gasteiger partial charge in [0.25, 0.3) is 5.69 Å². The summed E-state index contributed by atoms with van der Waals surface area (Å²) in [6, 6.07) is 3.05. The van der Waals surface area contributed by atoms with Crippen LogP contribution < -0.4 is 0 Å². The Bertz CT molecular complexity index is 532. The maximum absolute atomic E-state index is 11.1. The fraction of sp³-hybridized carbons (Fsp3) is 0.538. The van der Waals surface area contributed by atoms with Gasteiger partial charge in [0.05, 0.1) is 9.67 Å². The highest BCUT2D eigenvalue weighted by atomic mass is 33.1. The minimum Gasteiger partial charge on any atom is -0.464 e. The Morgan fingerprint density at radius 3 is 2.77 bits per heavy atom. The van der Waals surface area contributed by atoms with Gasteiger partial charge in [-0.05, 0) is 29.7 Å². The van der Waals surface area contributed by atoms with E-state index in [-0.39, 0.29) is 16.4 Å². The molecule has 7 nitrogen and oxygen atoms in total. The minimum absolute atomic E-state index is 0.0324. The van der Waals surface area contributed by atoms with Crippen LogP contribution in [0.4, 0.5) is 5.69 Å². The van der Waals surface area contributed by atoms with Gasteiger partial charge in [-0.15, -0.1) is 0 Å². The normalized spacial score (nSPS) is 17.0. The van der Waals surface area contributed by atoms with E-state index in [1.54, 1.807) is 16.9 Å². The van der Waals surface area contributed by atoms with E-state index in [4.69, 9.17) is 9.47 Å². The van der Waals surface area contributed by atoms with E-state index in [1.165, 1.54) is 30.0 Å². The van der Waals surface area contributed by atoms with Gasteiger partial charge in [0.2, 0.25) is 0 Å². The van der Waals surface area contributed by atoms with Crippen LogP contribution in [-0.4, -0.2) is 40.4 Å². The largest absolute Gasteiger partial charge is 0.464 e. The maximum atomic E-state index is 11.1. The summed E-state index contributed by atoms with van der Waals surface area (Å²) >= 11 is 0. The SMILES string of the molecule is CC(=O)OCC1(SSc2ccc([N+](=O)[O-])cn2)CCOCC1. The first-order valence-corrected chi connectivity index (χ1v) is 8.83. The fourth-order valence-corrected chi connectivity index (χ4v) is 4.54. The average Bonchev–Trinajstić information content (AvgIpc) is 2.52. The molecule has 0 aromatic carbocycles. The molecule has 2 rings (SSSR count). The van der Waals surface area contributed by atoms with Gasteiger partial charge < -0.3 is 9.47 Å². The molecule has 0 spiro atoms. The Labute approximate surface area is 135 Å². The van der Waals surface area contributed by atoms with Crippen LogP contribution in [0.1, 0.15) is 19.8 Å². The van der Waals surface area contributed by atoms with Crippen LogP contribution in [0.3, 0.4) is 0 Å². The van der Waals surface area contributed by atoms with E-state index < -0.39 is 4.92 Å². The highest BCUT2D eigenvalue weighted by Crippen LogP contribution is 2.46. The Morgan fingerprint density at radius 1 is 1.50 bits per heavy atom. The van der Waals surface area contributed by atoms with Crippen molar-refractivity contribution >= 4 is 33.2 Å². The van der Waals surface area contributed by atoms with Crippen molar-refractivity contribution in [2.24, 2.45) is 0 Å². The summed E-state index contributed by atoms with van der Waals surface area (Å²) in [6.45, 7) is 2.98. The minimum atomic E-state index is -0.477. The molecule has 0 N–H and O–H groups in total. The molecule has 0 amide bonds. The molecule has 1 aromatic rings. The summed E-state index contributed by atoms with van der Waals surface area (Å²) in [4.78, 5) is 25.3. The van der Waals surface area contributed by atoms with Crippen molar-refractivity contribution in [2.75, 3.05) is 19.8 Å². The number of pyridine rings is 1. The highest BCUT2D eigenvalue weighted by Gasteiger charge is 2.35. The van der Waals surface area contributed by atoms with Crippen LogP contribution in [-0.2, 0) is 14.3 Å². The molecule has 0 bridgehead atoms. The zero-order valence-electron chi connectivity index (χ0n) is 12.0. The number of carbonyl (C=O) groups excluding carboxylic acids is 1. The fourth-order valence-electron chi connectivity index (χ4n) is 1.89. The van der Waals surface area contributed by atoms with Crippen LogP contribution in [0.15, 0.2) is 23.4 Å². The monoisotopic (exact) mass is 344 g/mol. The van der Waals surface area contributed by atoms with Gasteiger partial charge in [-0.2, -0.15) is 0 Å². The Kier molecular flexibility index (Phi) is 6.04. The number of rotatable bonds is 6. The number of carbonyl (C=O) groups is 1. The summed E-state index contributed by atoms with van der Waals surface area (Å²) in [5, 5.41) is 11.3. The number of esters is 1. The lowest BCUT2D eigenvalue weighted by atomic mass is 10.0. The second-order valence-electron chi connectivity index (χ2n) is 4.85. The maximum Gasteiger partial charge on any atom is 0.302 e. The van der Waals surface area contributed by atoms with Crippen LogP contribution in [0.2, 0.25) is 0 Å². The first-order chi connectivity index (χ1) is 10.5. The predicted octanol–water partition coefficient (Wildman–Crippen LogP) is 2.84. The molecule has 120 valence electrons. The molecule has 0 radical (unpaired) electrons. The topological polar surface area (TPSA) is 91.6 Å². The van der Waals surface area contributed by atoms with Gasteiger partial charge >= 0.3 is 5.97 Å². The number of hydrogen-bond acceptors (Lipinski definition) is 8. The van der Waals surface area contributed by atoms with Crippen molar-refractivity contribution in [3.05, 3.63) is 28.4 Å². The first-order valence-electron chi connectivity index (χ1n) is 6.68. The number of nitrogens with zero attached hydrogens (tertiary/aromatic N) is 2. The van der Waals surface area contributed by atoms with Gasteiger partial charge in [0, 0.05) is 26.2 Å². The molecule has 0 atom stereocenters. The Hall–Kier alpha value is -1.32. The lowest BCUT2D eigenvalue weighted by molar-refractivity contribution is -0.385. The quantitative estimate of drug-likeness (QED) is 0.337. The molecule has 1 saturated heterocycles. The zero-order chi connectivity index (χ0) is 16.0. The molecular weight excluding hydrogens is 328 g/mol. The van der Waals surface area contributed by atoms with Gasteiger partial charge in [0.15, 0.2) is 0 Å². The highest BCUT2D eigenvalue weighted by molar-refractivity contribution is 8.77. The van der Waals surface area contributed by atoms with Gasteiger partial charge in [-0.25, -0.2) is 4.98 Å². The molecule has 1 aliphatic rings. The molecule has 1 aliphatic heterocycles. The van der Waals surface area contributed by atoms with Gasteiger partial charge in [0.1, 0.15) is 17.8 Å². The third-order valence-corrected chi connectivity index (χ3v) is 6.38. The second-order valence-corrected chi connectivity index (χ2v) is 7.47. The molecule has 0 saturated carbocycles. The number of ether oxygens (including phenoxy) is 2. The smallest absolute Gasteiger partial charge is 0.302 e. The summed E-state index contributed by atoms with van der Waals surface area (Å²) < 4.78 is 10.3. The summed E-state index contributed by atoms with van der Waals surface area (Å²) in [5.41, 5.74) is -0.0324. The van der Waals surface area contributed by atoms with E-state index in [9.17, 15) is 14.9 Å². The van der Waals surface area contributed by atoms with Gasteiger partial charge in [-0.3, -0.25) is 14.9 Å². The number of nitro groups is 1. The molecule has 0 unspecified atom stereocenters. The predicted molar refractivity (Wildman–Crippen MR) is 83.8 cm³/mol. The first kappa shape index (κ1) is 17.0. The van der Waals surface area contributed by atoms with E-state index in [2.05, 4.69) is 4.98 Å².